The Hall–Kier alpha value is -1.13. The highest BCUT2D eigenvalue weighted by Gasteiger charge is 2.42. The number of hydrogen-bond donors (Lipinski definition) is 1. The maximum atomic E-state index is 15.4. The van der Waals surface area contributed by atoms with Crippen LogP contribution in [0.1, 0.15) is 37.7 Å². The van der Waals surface area contributed by atoms with E-state index in [2.05, 4.69) is 5.32 Å². The molecular formula is C16H21ClFNO2. The van der Waals surface area contributed by atoms with Crippen LogP contribution in [-0.4, -0.2) is 31.3 Å². The first kappa shape index (κ1) is 16.2. The summed E-state index contributed by atoms with van der Waals surface area (Å²) in [6.45, 7) is 3.30. The monoisotopic (exact) mass is 313 g/mol. The summed E-state index contributed by atoms with van der Waals surface area (Å²) in [5, 5.41) is 3.71. The van der Waals surface area contributed by atoms with Gasteiger partial charge in [-0.1, -0.05) is 23.7 Å². The van der Waals surface area contributed by atoms with Crippen molar-refractivity contribution in [1.29, 1.82) is 0 Å². The summed E-state index contributed by atoms with van der Waals surface area (Å²) in [7, 11) is 0. The molecule has 1 atom stereocenters. The summed E-state index contributed by atoms with van der Waals surface area (Å²) in [4.78, 5) is 11.9. The van der Waals surface area contributed by atoms with E-state index in [4.69, 9.17) is 16.3 Å². The predicted molar refractivity (Wildman–Crippen MR) is 81.4 cm³/mol. The van der Waals surface area contributed by atoms with Crippen molar-refractivity contribution in [2.45, 2.75) is 37.8 Å². The number of rotatable bonds is 5. The quantitative estimate of drug-likeness (QED) is 0.846. The summed E-state index contributed by atoms with van der Waals surface area (Å²) in [6.07, 6.45) is 0.831. The second-order valence-electron chi connectivity index (χ2n) is 5.40. The van der Waals surface area contributed by atoms with Gasteiger partial charge in [-0.2, -0.15) is 0 Å². The molecule has 1 heterocycles. The predicted octanol–water partition coefficient (Wildman–Crippen LogP) is 3.47. The Bertz CT molecular complexity index is 489. The Balaban J connectivity index is 2.27. The van der Waals surface area contributed by atoms with E-state index >= 15 is 4.39 Å². The normalized spacial score (nSPS) is 19.0. The molecule has 1 aliphatic rings. The van der Waals surface area contributed by atoms with Gasteiger partial charge < -0.3 is 10.1 Å². The van der Waals surface area contributed by atoms with Crippen molar-refractivity contribution < 1.29 is 13.9 Å². The van der Waals surface area contributed by atoms with Crippen molar-refractivity contribution in [1.82, 2.24) is 5.32 Å². The summed E-state index contributed by atoms with van der Waals surface area (Å²) < 4.78 is 20.4. The zero-order valence-electron chi connectivity index (χ0n) is 12.2. The number of carbonyl (C=O) groups is 1. The molecule has 21 heavy (non-hydrogen) atoms. The molecule has 0 bridgehead atoms. The molecule has 0 radical (unpaired) electrons. The number of benzene rings is 1. The standard InChI is InChI=1S/C16H21ClFNO2/c1-2-21-15(20)11-14(12-4-3-5-13(17)10-12)16(18)6-8-19-9-7-16/h3-5,10,14,19H,2,6-9,11H2,1H3. The van der Waals surface area contributed by atoms with E-state index in [1.54, 1.807) is 25.1 Å². The number of hydrogen-bond acceptors (Lipinski definition) is 3. The Kier molecular flexibility index (Phi) is 5.59. The van der Waals surface area contributed by atoms with Gasteiger partial charge in [-0.05, 0) is 50.6 Å². The molecule has 1 unspecified atom stereocenters. The number of halogens is 2. The molecule has 5 heteroatoms. The molecule has 1 fully saturated rings. The Morgan fingerprint density at radius 2 is 2.19 bits per heavy atom. The minimum atomic E-state index is -1.40. The molecule has 0 aliphatic carbocycles. The van der Waals surface area contributed by atoms with Gasteiger partial charge in [-0.15, -0.1) is 0 Å². The SMILES string of the molecule is CCOC(=O)CC(c1cccc(Cl)c1)C1(F)CCNCC1. The molecule has 2 rings (SSSR count). The van der Waals surface area contributed by atoms with E-state index < -0.39 is 11.6 Å². The van der Waals surface area contributed by atoms with Gasteiger partial charge in [0.1, 0.15) is 5.67 Å². The number of carbonyl (C=O) groups excluding carboxylic acids is 1. The van der Waals surface area contributed by atoms with Gasteiger partial charge >= 0.3 is 5.97 Å². The van der Waals surface area contributed by atoms with Crippen LogP contribution < -0.4 is 5.32 Å². The molecule has 1 N–H and O–H groups in total. The van der Waals surface area contributed by atoms with Crippen molar-refractivity contribution >= 4 is 17.6 Å². The van der Waals surface area contributed by atoms with Crippen molar-refractivity contribution in [3.63, 3.8) is 0 Å². The van der Waals surface area contributed by atoms with Gasteiger partial charge in [0.2, 0.25) is 0 Å². The average molecular weight is 314 g/mol. The lowest BCUT2D eigenvalue weighted by Crippen LogP contribution is -2.43. The molecule has 1 aromatic carbocycles. The fourth-order valence-electron chi connectivity index (χ4n) is 2.90. The molecule has 1 aromatic rings. The summed E-state index contributed by atoms with van der Waals surface area (Å²) in [6, 6.07) is 7.12. The molecule has 116 valence electrons. The zero-order chi connectivity index (χ0) is 15.3. The molecule has 0 amide bonds. The van der Waals surface area contributed by atoms with E-state index in [-0.39, 0.29) is 12.4 Å². The van der Waals surface area contributed by atoms with Crippen LogP contribution in [0.4, 0.5) is 4.39 Å². The smallest absolute Gasteiger partial charge is 0.306 e. The molecule has 1 saturated heterocycles. The largest absolute Gasteiger partial charge is 0.466 e. The maximum absolute atomic E-state index is 15.4. The van der Waals surface area contributed by atoms with Gasteiger partial charge in [0.25, 0.3) is 0 Å². The number of ether oxygens (including phenoxy) is 1. The Morgan fingerprint density at radius 3 is 2.81 bits per heavy atom. The molecule has 0 saturated carbocycles. The Morgan fingerprint density at radius 1 is 1.48 bits per heavy atom. The highest BCUT2D eigenvalue weighted by molar-refractivity contribution is 6.30. The van der Waals surface area contributed by atoms with Crippen LogP contribution in [0.25, 0.3) is 0 Å². The van der Waals surface area contributed by atoms with Gasteiger partial charge in [0, 0.05) is 10.9 Å². The third-order valence-corrected chi connectivity index (χ3v) is 4.22. The lowest BCUT2D eigenvalue weighted by atomic mass is 9.76. The van der Waals surface area contributed by atoms with E-state index in [0.717, 1.165) is 5.56 Å². The minimum Gasteiger partial charge on any atom is -0.466 e. The van der Waals surface area contributed by atoms with E-state index in [9.17, 15) is 4.79 Å². The van der Waals surface area contributed by atoms with Gasteiger partial charge in [-0.3, -0.25) is 4.79 Å². The summed E-state index contributed by atoms with van der Waals surface area (Å²) in [5.74, 6) is -0.879. The van der Waals surface area contributed by atoms with Crippen molar-refractivity contribution in [2.24, 2.45) is 0 Å². The van der Waals surface area contributed by atoms with Gasteiger partial charge in [-0.25, -0.2) is 4.39 Å². The fourth-order valence-corrected chi connectivity index (χ4v) is 3.10. The van der Waals surface area contributed by atoms with Crippen molar-refractivity contribution in [3.05, 3.63) is 34.9 Å². The number of esters is 1. The molecule has 0 aromatic heterocycles. The minimum absolute atomic E-state index is 0.0463. The number of alkyl halides is 1. The van der Waals surface area contributed by atoms with Crippen molar-refractivity contribution in [2.75, 3.05) is 19.7 Å². The van der Waals surface area contributed by atoms with Crippen LogP contribution in [0, 0.1) is 0 Å². The molecular weight excluding hydrogens is 293 g/mol. The molecule has 3 nitrogen and oxygen atoms in total. The third kappa shape index (κ3) is 4.17. The second kappa shape index (κ2) is 7.23. The third-order valence-electron chi connectivity index (χ3n) is 3.99. The van der Waals surface area contributed by atoms with E-state index in [0.29, 0.717) is 37.6 Å². The number of nitrogens with one attached hydrogen (secondary N) is 1. The summed E-state index contributed by atoms with van der Waals surface area (Å²) >= 11 is 6.02. The van der Waals surface area contributed by atoms with Crippen LogP contribution in [0.15, 0.2) is 24.3 Å². The van der Waals surface area contributed by atoms with Crippen LogP contribution >= 0.6 is 11.6 Å². The first-order chi connectivity index (χ1) is 10.0. The Labute approximate surface area is 129 Å². The average Bonchev–Trinajstić information content (AvgIpc) is 2.46. The topological polar surface area (TPSA) is 38.3 Å². The van der Waals surface area contributed by atoms with Gasteiger partial charge in [0.05, 0.1) is 13.0 Å². The highest BCUT2D eigenvalue weighted by Crippen LogP contribution is 2.41. The zero-order valence-corrected chi connectivity index (χ0v) is 13.0. The molecule has 0 spiro atoms. The van der Waals surface area contributed by atoms with Gasteiger partial charge in [0.15, 0.2) is 0 Å². The van der Waals surface area contributed by atoms with Crippen molar-refractivity contribution in [3.8, 4) is 0 Å². The summed E-state index contributed by atoms with van der Waals surface area (Å²) in [5.41, 5.74) is -0.636. The number of piperidine rings is 1. The first-order valence-electron chi connectivity index (χ1n) is 7.36. The van der Waals surface area contributed by atoms with Crippen LogP contribution in [0.5, 0.6) is 0 Å². The maximum Gasteiger partial charge on any atom is 0.306 e. The fraction of sp³-hybridized carbons (Fsp3) is 0.562. The van der Waals surface area contributed by atoms with E-state index in [1.807, 2.05) is 6.07 Å². The molecule has 1 aliphatic heterocycles. The first-order valence-corrected chi connectivity index (χ1v) is 7.73. The van der Waals surface area contributed by atoms with E-state index in [1.165, 1.54) is 0 Å². The lowest BCUT2D eigenvalue weighted by Gasteiger charge is -2.37. The van der Waals surface area contributed by atoms with Crippen LogP contribution in [-0.2, 0) is 9.53 Å². The lowest BCUT2D eigenvalue weighted by molar-refractivity contribution is -0.144. The van der Waals surface area contributed by atoms with Crippen LogP contribution in [0.3, 0.4) is 0 Å². The second-order valence-corrected chi connectivity index (χ2v) is 5.84. The van der Waals surface area contributed by atoms with Crippen LogP contribution in [0.2, 0.25) is 5.02 Å². The highest BCUT2D eigenvalue weighted by atomic mass is 35.5.